The van der Waals surface area contributed by atoms with Crippen LogP contribution in [0.15, 0.2) is 102 Å². The van der Waals surface area contributed by atoms with Gasteiger partial charge in [-0.25, -0.2) is 0 Å². The van der Waals surface area contributed by atoms with Gasteiger partial charge in [0.1, 0.15) is 6.79 Å². The van der Waals surface area contributed by atoms with Crippen LogP contribution in [-0.4, -0.2) is 54.6 Å². The summed E-state index contributed by atoms with van der Waals surface area (Å²) in [5.41, 5.74) is 2.77. The van der Waals surface area contributed by atoms with Crippen molar-refractivity contribution >= 4 is 24.7 Å². The molecule has 3 aromatic carbocycles. The number of carbonyl (C=O) groups is 1. The average molecular weight is 743 g/mol. The molecule has 0 radical (unpaired) electrons. The molecule has 7 heteroatoms. The van der Waals surface area contributed by atoms with Gasteiger partial charge in [0, 0.05) is 31.7 Å². The van der Waals surface area contributed by atoms with E-state index in [2.05, 4.69) is 126 Å². The van der Waals surface area contributed by atoms with Crippen molar-refractivity contribution in [3.05, 3.63) is 108 Å². The quantitative estimate of drug-likeness (QED) is 0.0426. The molecule has 0 fully saturated rings. The molecular weight excluding hydrogens is 677 g/mol. The summed E-state index contributed by atoms with van der Waals surface area (Å²) in [6.07, 6.45) is 2.60. The summed E-state index contributed by atoms with van der Waals surface area (Å²) in [6.45, 7) is 22.5. The highest BCUT2D eigenvalue weighted by Gasteiger charge is 2.53. The van der Waals surface area contributed by atoms with E-state index in [9.17, 15) is 4.79 Å². The fourth-order valence-electron chi connectivity index (χ4n) is 8.03. The lowest BCUT2D eigenvalue weighted by Gasteiger charge is -2.50. The van der Waals surface area contributed by atoms with Gasteiger partial charge in [-0.1, -0.05) is 131 Å². The predicted octanol–water partition coefficient (Wildman–Crippen LogP) is 9.36. The first-order valence-corrected chi connectivity index (χ1v) is 21.3. The highest BCUT2D eigenvalue weighted by Crippen LogP contribution is 2.51. The van der Waals surface area contributed by atoms with Crippen molar-refractivity contribution in [3.8, 4) is 0 Å². The van der Waals surface area contributed by atoms with E-state index in [-0.39, 0.29) is 29.1 Å². The van der Waals surface area contributed by atoms with Crippen molar-refractivity contribution in [3.63, 3.8) is 0 Å². The van der Waals surface area contributed by atoms with Crippen molar-refractivity contribution in [1.82, 2.24) is 0 Å². The van der Waals surface area contributed by atoms with E-state index in [4.69, 9.17) is 23.4 Å². The first kappa shape index (κ1) is 42.7. The van der Waals surface area contributed by atoms with Crippen molar-refractivity contribution in [2.24, 2.45) is 28.6 Å². The van der Waals surface area contributed by atoms with Crippen LogP contribution in [0.3, 0.4) is 0 Å². The zero-order valence-electron chi connectivity index (χ0n) is 34.2. The predicted molar refractivity (Wildman–Crippen MR) is 219 cm³/mol. The summed E-state index contributed by atoms with van der Waals surface area (Å²) in [7, 11) is -1.21. The Kier molecular flexibility index (Phi) is 15.3. The number of rotatable bonds is 18. The molecule has 290 valence electrons. The number of ether oxygens (including phenoxy) is 4. The van der Waals surface area contributed by atoms with E-state index >= 15 is 0 Å². The summed E-state index contributed by atoms with van der Waals surface area (Å²) in [6, 6.07) is 32.0. The number of esters is 1. The second-order valence-corrected chi connectivity index (χ2v) is 21.7. The number of methoxy groups -OCH3 is 1. The molecule has 0 spiro atoms. The van der Waals surface area contributed by atoms with Gasteiger partial charge >= 0.3 is 5.97 Å². The van der Waals surface area contributed by atoms with Crippen molar-refractivity contribution in [1.29, 1.82) is 0 Å². The zero-order chi connectivity index (χ0) is 38.7. The number of benzene rings is 3. The van der Waals surface area contributed by atoms with Gasteiger partial charge in [0.05, 0.1) is 25.2 Å². The lowest BCUT2D eigenvalue weighted by Crippen LogP contribution is -2.67. The normalized spacial score (nSPS) is 19.5. The lowest BCUT2D eigenvalue weighted by atomic mass is 9.60. The van der Waals surface area contributed by atoms with Crippen molar-refractivity contribution in [2.75, 3.05) is 40.3 Å². The minimum absolute atomic E-state index is 0.00769. The molecule has 4 rings (SSSR count). The largest absolute Gasteiger partial charge is 0.465 e. The molecule has 0 amide bonds. The van der Waals surface area contributed by atoms with Crippen LogP contribution >= 0.6 is 0 Å². The molecular formula is C46H66O6Si. The minimum atomic E-state index is -2.87. The van der Waals surface area contributed by atoms with Gasteiger partial charge in [-0.3, -0.25) is 4.79 Å². The van der Waals surface area contributed by atoms with Gasteiger partial charge in [0.25, 0.3) is 8.32 Å². The van der Waals surface area contributed by atoms with E-state index in [1.807, 2.05) is 26.8 Å². The van der Waals surface area contributed by atoms with Crippen LogP contribution in [0.4, 0.5) is 0 Å². The van der Waals surface area contributed by atoms with Crippen LogP contribution in [0.5, 0.6) is 0 Å². The maximum Gasteiger partial charge on any atom is 0.311 e. The third-order valence-electron chi connectivity index (χ3n) is 11.4. The summed E-state index contributed by atoms with van der Waals surface area (Å²) in [5.74, 6) is 0.412. The Hall–Kier alpha value is -3.07. The van der Waals surface area contributed by atoms with E-state index in [0.717, 1.165) is 19.3 Å². The third kappa shape index (κ3) is 10.8. The summed E-state index contributed by atoms with van der Waals surface area (Å²) >= 11 is 0. The molecule has 0 saturated heterocycles. The molecule has 4 atom stereocenters. The number of hydrogen-bond donors (Lipinski definition) is 0. The second kappa shape index (κ2) is 19.0. The van der Waals surface area contributed by atoms with Gasteiger partial charge in [-0.05, 0) is 85.3 Å². The minimum Gasteiger partial charge on any atom is -0.465 e. The van der Waals surface area contributed by atoms with Gasteiger partial charge in [0.2, 0.25) is 0 Å². The lowest BCUT2D eigenvalue weighted by molar-refractivity contribution is -0.159. The molecule has 0 unspecified atom stereocenters. The Bertz CT molecular complexity index is 1540. The highest BCUT2D eigenvalue weighted by molar-refractivity contribution is 6.99. The van der Waals surface area contributed by atoms with Crippen LogP contribution < -0.4 is 10.4 Å². The maximum absolute atomic E-state index is 13.5. The van der Waals surface area contributed by atoms with E-state index in [1.54, 1.807) is 7.11 Å². The molecule has 6 nitrogen and oxygen atoms in total. The fourth-order valence-corrected chi connectivity index (χ4v) is 12.6. The molecule has 0 bridgehead atoms. The van der Waals surface area contributed by atoms with Gasteiger partial charge in [-0.15, -0.1) is 0 Å². The monoisotopic (exact) mass is 742 g/mol. The van der Waals surface area contributed by atoms with Crippen molar-refractivity contribution < 1.29 is 28.2 Å². The van der Waals surface area contributed by atoms with E-state index in [1.165, 1.54) is 27.1 Å². The first-order chi connectivity index (χ1) is 25.1. The molecule has 53 heavy (non-hydrogen) atoms. The summed E-state index contributed by atoms with van der Waals surface area (Å²) in [5, 5.41) is 2.33. The molecule has 1 aliphatic rings. The number of carbonyl (C=O) groups excluding carboxylic acids is 1. The second-order valence-electron chi connectivity index (χ2n) is 17.4. The number of hydrogen-bond acceptors (Lipinski definition) is 6. The topological polar surface area (TPSA) is 63.2 Å². The molecule has 0 aromatic heterocycles. The van der Waals surface area contributed by atoms with Crippen molar-refractivity contribution in [2.45, 2.75) is 93.2 Å². The van der Waals surface area contributed by atoms with Gasteiger partial charge < -0.3 is 23.4 Å². The van der Waals surface area contributed by atoms with Crippen LogP contribution in [0.25, 0.3) is 0 Å². The van der Waals surface area contributed by atoms with Gasteiger partial charge in [0.15, 0.2) is 0 Å². The summed E-state index contributed by atoms with van der Waals surface area (Å²) in [4.78, 5) is 13.5. The highest BCUT2D eigenvalue weighted by atomic mass is 28.4. The smallest absolute Gasteiger partial charge is 0.311 e. The van der Waals surface area contributed by atoms with Crippen LogP contribution in [0.2, 0.25) is 5.04 Å². The maximum atomic E-state index is 13.5. The SMILES string of the molecule is COCOCC1=C(C)[C@H](CO[Si](c2ccccc2)(c2ccccc2)C(C)(C)C)[C@](COC(=O)C(C)(C)C)(C[C@H](C)[C@@H](C)COCc2ccccc2)CC1. The summed E-state index contributed by atoms with van der Waals surface area (Å²) < 4.78 is 31.6. The van der Waals surface area contributed by atoms with Crippen LogP contribution in [0, 0.1) is 28.6 Å². The molecule has 0 N–H and O–H groups in total. The standard InChI is InChI=1S/C46H66O6Si/c1-35(36(2)29-49-30-38-20-14-11-15-21-38)28-46(33-51-43(47)44(4,5)6)27-26-39(31-50-34-48-10)37(3)42(46)32-52-53(45(7,8)9,40-22-16-12-17-23-40)41-24-18-13-19-25-41/h11-25,35-36,42H,26-34H2,1-10H3/t35-,36-,42-,46-/m0/s1. The fraction of sp³-hybridized carbons (Fsp3) is 0.543. The Morgan fingerprint density at radius 1 is 0.811 bits per heavy atom. The molecule has 0 saturated carbocycles. The Balaban J connectivity index is 1.77. The average Bonchev–Trinajstić information content (AvgIpc) is 3.13. The molecule has 1 aliphatic carbocycles. The van der Waals surface area contributed by atoms with Crippen LogP contribution in [-0.2, 0) is 34.8 Å². The Labute approximate surface area is 321 Å². The van der Waals surface area contributed by atoms with Gasteiger partial charge in [-0.2, -0.15) is 0 Å². The van der Waals surface area contributed by atoms with E-state index < -0.39 is 13.7 Å². The molecule has 3 aromatic rings. The van der Waals surface area contributed by atoms with Crippen LogP contribution in [0.1, 0.15) is 87.1 Å². The molecule has 0 heterocycles. The first-order valence-electron chi connectivity index (χ1n) is 19.4. The van der Waals surface area contributed by atoms with E-state index in [0.29, 0.717) is 44.9 Å². The zero-order valence-corrected chi connectivity index (χ0v) is 35.2. The molecule has 0 aliphatic heterocycles. The Morgan fingerprint density at radius 2 is 1.38 bits per heavy atom. The third-order valence-corrected chi connectivity index (χ3v) is 16.4. The Morgan fingerprint density at radius 3 is 1.91 bits per heavy atom.